The van der Waals surface area contributed by atoms with Gasteiger partial charge in [0.2, 0.25) is 17.6 Å². The number of hydrogen-bond donors (Lipinski definition) is 2. The molecule has 184 valence electrons. The number of benzene rings is 3. The van der Waals surface area contributed by atoms with Crippen molar-refractivity contribution < 1.29 is 24.2 Å². The lowest BCUT2D eigenvalue weighted by Gasteiger charge is -2.07. The van der Waals surface area contributed by atoms with Crippen LogP contribution in [0, 0.1) is 34.1 Å². The minimum Gasteiger partial charge on any atom is -0.450 e. The second-order valence-electron chi connectivity index (χ2n) is 7.66. The first-order chi connectivity index (χ1) is 17.1. The van der Waals surface area contributed by atoms with E-state index in [1.165, 1.54) is 18.3 Å². The molecule has 0 heterocycles. The monoisotopic (exact) mass is 491 g/mol. The fourth-order valence-electron chi connectivity index (χ4n) is 3.02. The molecule has 2 amide bonds. The van der Waals surface area contributed by atoms with Crippen LogP contribution in [0.3, 0.4) is 0 Å². The van der Waals surface area contributed by atoms with Gasteiger partial charge in [-0.1, -0.05) is 18.2 Å². The summed E-state index contributed by atoms with van der Waals surface area (Å²) >= 11 is 0. The highest BCUT2D eigenvalue weighted by Gasteiger charge is 2.21. The predicted molar refractivity (Wildman–Crippen MR) is 131 cm³/mol. The van der Waals surface area contributed by atoms with Crippen LogP contribution < -0.4 is 15.5 Å². The Labute approximate surface area is 204 Å². The highest BCUT2D eigenvalue weighted by atomic mass is 16.6. The zero-order valence-corrected chi connectivity index (χ0v) is 19.3. The number of amides is 2. The van der Waals surface area contributed by atoms with Crippen LogP contribution in [0.25, 0.3) is 0 Å². The standard InChI is InChI=1S/C24H21N5O7/c1-15-6-7-18(10-16(15)2)26-23(30)13-24(31)27-25-14-17-4-3-5-20(11-17)36-22-9-8-19(28(32)33)12-21(22)29(34)35/h3-12,14H,13H2,1-2H3,(H,26,30)(H,27,31). The third kappa shape index (κ3) is 6.93. The summed E-state index contributed by atoms with van der Waals surface area (Å²) in [5.74, 6) is -1.09. The van der Waals surface area contributed by atoms with E-state index in [1.54, 1.807) is 18.2 Å². The zero-order chi connectivity index (χ0) is 26.2. The molecule has 0 fully saturated rings. The van der Waals surface area contributed by atoms with E-state index in [4.69, 9.17) is 4.74 Å². The molecule has 0 atom stereocenters. The summed E-state index contributed by atoms with van der Waals surface area (Å²) in [7, 11) is 0. The minimum absolute atomic E-state index is 0.178. The average molecular weight is 491 g/mol. The Morgan fingerprint density at radius 3 is 2.42 bits per heavy atom. The number of ether oxygens (including phenoxy) is 1. The molecule has 2 N–H and O–H groups in total. The lowest BCUT2D eigenvalue weighted by Crippen LogP contribution is -2.24. The van der Waals surface area contributed by atoms with Crippen molar-refractivity contribution in [3.05, 3.63) is 97.6 Å². The fraction of sp³-hybridized carbons (Fsp3) is 0.125. The van der Waals surface area contributed by atoms with Crippen LogP contribution in [0.2, 0.25) is 0 Å². The number of nitrogens with zero attached hydrogens (tertiary/aromatic N) is 3. The molecule has 12 nitrogen and oxygen atoms in total. The second-order valence-corrected chi connectivity index (χ2v) is 7.66. The number of nitro benzene ring substituents is 2. The first kappa shape index (κ1) is 25.5. The second kappa shape index (κ2) is 11.3. The van der Waals surface area contributed by atoms with Crippen LogP contribution in [0.5, 0.6) is 11.5 Å². The van der Waals surface area contributed by atoms with E-state index in [1.807, 2.05) is 26.0 Å². The van der Waals surface area contributed by atoms with Crippen LogP contribution in [0.1, 0.15) is 23.1 Å². The van der Waals surface area contributed by atoms with Crippen molar-refractivity contribution in [3.8, 4) is 11.5 Å². The maximum atomic E-state index is 12.1. The summed E-state index contributed by atoms with van der Waals surface area (Å²) in [6.07, 6.45) is 0.869. The van der Waals surface area contributed by atoms with E-state index in [0.717, 1.165) is 29.3 Å². The smallest absolute Gasteiger partial charge is 0.318 e. The Morgan fingerprint density at radius 1 is 0.944 bits per heavy atom. The van der Waals surface area contributed by atoms with E-state index in [0.29, 0.717) is 11.3 Å². The number of nitro groups is 2. The van der Waals surface area contributed by atoms with Gasteiger partial charge in [0.25, 0.3) is 5.69 Å². The van der Waals surface area contributed by atoms with Crippen molar-refractivity contribution in [3.63, 3.8) is 0 Å². The molecule has 0 unspecified atom stereocenters. The van der Waals surface area contributed by atoms with Gasteiger partial charge < -0.3 is 10.1 Å². The van der Waals surface area contributed by atoms with Gasteiger partial charge in [0.1, 0.15) is 12.2 Å². The molecule has 3 rings (SSSR count). The molecular formula is C24H21N5O7. The van der Waals surface area contributed by atoms with Gasteiger partial charge in [-0.05, 0) is 60.9 Å². The van der Waals surface area contributed by atoms with Crippen molar-refractivity contribution in [2.75, 3.05) is 5.32 Å². The summed E-state index contributed by atoms with van der Waals surface area (Å²) in [4.78, 5) is 44.7. The minimum atomic E-state index is -0.778. The van der Waals surface area contributed by atoms with Crippen LogP contribution in [-0.2, 0) is 9.59 Å². The van der Waals surface area contributed by atoms with Crippen molar-refractivity contribution in [2.45, 2.75) is 20.3 Å². The third-order valence-electron chi connectivity index (χ3n) is 4.95. The molecule has 0 aliphatic heterocycles. The van der Waals surface area contributed by atoms with E-state index in [2.05, 4.69) is 15.8 Å². The van der Waals surface area contributed by atoms with E-state index < -0.39 is 39.5 Å². The predicted octanol–water partition coefficient (Wildman–Crippen LogP) is 4.39. The van der Waals surface area contributed by atoms with Crippen LogP contribution >= 0.6 is 0 Å². The van der Waals surface area contributed by atoms with Crippen LogP contribution in [-0.4, -0.2) is 27.9 Å². The lowest BCUT2D eigenvalue weighted by atomic mass is 10.1. The number of anilines is 1. The first-order valence-corrected chi connectivity index (χ1v) is 10.5. The number of rotatable bonds is 9. The van der Waals surface area contributed by atoms with Gasteiger partial charge in [0.15, 0.2) is 0 Å². The number of hydrogen-bond acceptors (Lipinski definition) is 8. The van der Waals surface area contributed by atoms with Gasteiger partial charge in [0, 0.05) is 11.8 Å². The van der Waals surface area contributed by atoms with Gasteiger partial charge in [-0.2, -0.15) is 5.10 Å². The van der Waals surface area contributed by atoms with Crippen molar-refractivity contribution in [1.82, 2.24) is 5.43 Å². The summed E-state index contributed by atoms with van der Waals surface area (Å²) in [5.41, 5.74) is 4.42. The molecule has 3 aromatic rings. The largest absolute Gasteiger partial charge is 0.450 e. The first-order valence-electron chi connectivity index (χ1n) is 10.5. The molecule has 0 aliphatic carbocycles. The van der Waals surface area contributed by atoms with E-state index in [-0.39, 0.29) is 11.5 Å². The summed E-state index contributed by atoms with van der Waals surface area (Å²) in [6, 6.07) is 14.7. The van der Waals surface area contributed by atoms with E-state index >= 15 is 0 Å². The van der Waals surface area contributed by atoms with Crippen LogP contribution in [0.4, 0.5) is 17.1 Å². The highest BCUT2D eigenvalue weighted by molar-refractivity contribution is 6.03. The number of non-ortho nitro benzene ring substituents is 1. The molecule has 12 heteroatoms. The summed E-state index contributed by atoms with van der Waals surface area (Å²) < 4.78 is 5.53. The summed E-state index contributed by atoms with van der Waals surface area (Å²) in [6.45, 7) is 3.87. The number of hydrazone groups is 1. The van der Waals surface area contributed by atoms with Gasteiger partial charge in [-0.15, -0.1) is 0 Å². The van der Waals surface area contributed by atoms with Crippen molar-refractivity contribution in [1.29, 1.82) is 0 Å². The van der Waals surface area contributed by atoms with Gasteiger partial charge >= 0.3 is 5.69 Å². The van der Waals surface area contributed by atoms with Crippen LogP contribution in [0.15, 0.2) is 65.8 Å². The highest BCUT2D eigenvalue weighted by Crippen LogP contribution is 2.34. The quantitative estimate of drug-likeness (QED) is 0.194. The molecule has 0 saturated heterocycles. The van der Waals surface area contributed by atoms with Crippen molar-refractivity contribution >= 4 is 35.1 Å². The fourth-order valence-corrected chi connectivity index (χ4v) is 3.02. The third-order valence-corrected chi connectivity index (χ3v) is 4.95. The Hall–Kier alpha value is -5.13. The van der Waals surface area contributed by atoms with Gasteiger partial charge in [-0.3, -0.25) is 29.8 Å². The molecule has 0 bridgehead atoms. The summed E-state index contributed by atoms with van der Waals surface area (Å²) in [5, 5.41) is 28.6. The normalized spacial score (nSPS) is 10.6. The molecule has 0 radical (unpaired) electrons. The maximum absolute atomic E-state index is 12.1. The zero-order valence-electron chi connectivity index (χ0n) is 19.3. The Balaban J connectivity index is 1.59. The SMILES string of the molecule is Cc1ccc(NC(=O)CC(=O)NN=Cc2cccc(Oc3ccc([N+](=O)[O-])cc3[N+](=O)[O-])c2)cc1C. The Kier molecular flexibility index (Phi) is 8.02. The Bertz CT molecular complexity index is 1370. The van der Waals surface area contributed by atoms with Gasteiger partial charge in [-0.25, -0.2) is 5.43 Å². The number of carbonyl (C=O) groups excluding carboxylic acids is 2. The molecule has 0 spiro atoms. The maximum Gasteiger partial charge on any atom is 0.318 e. The number of carbonyl (C=O) groups is 2. The lowest BCUT2D eigenvalue weighted by molar-refractivity contribution is -0.394. The average Bonchev–Trinajstić information content (AvgIpc) is 2.81. The van der Waals surface area contributed by atoms with Gasteiger partial charge in [0.05, 0.1) is 22.1 Å². The van der Waals surface area contributed by atoms with Crippen molar-refractivity contribution in [2.24, 2.45) is 5.10 Å². The topological polar surface area (TPSA) is 166 Å². The molecule has 0 aromatic heterocycles. The molecule has 0 saturated carbocycles. The molecule has 36 heavy (non-hydrogen) atoms. The molecule has 3 aromatic carbocycles. The van der Waals surface area contributed by atoms with E-state index in [9.17, 15) is 29.8 Å². The molecular weight excluding hydrogens is 470 g/mol. The Morgan fingerprint density at radius 2 is 1.72 bits per heavy atom. The molecule has 0 aliphatic rings. The number of aryl methyl sites for hydroxylation is 2. The number of nitrogens with one attached hydrogen (secondary N) is 2.